The molecule has 6 rings (SSSR count). The van der Waals surface area contributed by atoms with Crippen LogP contribution in [0, 0.1) is 11.3 Å². The summed E-state index contributed by atoms with van der Waals surface area (Å²) in [6.07, 6.45) is 0. The highest BCUT2D eigenvalue weighted by atomic mass is 15.0. The Hall–Kier alpha value is -3.77. The molecular formula is C25H15BN2. The van der Waals surface area contributed by atoms with Crippen molar-refractivity contribution in [2.45, 2.75) is 0 Å². The van der Waals surface area contributed by atoms with Gasteiger partial charge in [-0.3, -0.25) is 0 Å². The molecule has 0 fully saturated rings. The second-order valence-corrected chi connectivity index (χ2v) is 7.29. The predicted octanol–water partition coefficient (Wildman–Crippen LogP) is 3.48. The van der Waals surface area contributed by atoms with Gasteiger partial charge in [0.05, 0.1) is 17.1 Å². The maximum Gasteiger partial charge on any atom is 0.248 e. The van der Waals surface area contributed by atoms with Crippen molar-refractivity contribution in [1.82, 2.24) is 4.57 Å². The lowest BCUT2D eigenvalue weighted by Crippen LogP contribution is -2.56. The molecule has 0 aliphatic carbocycles. The van der Waals surface area contributed by atoms with Gasteiger partial charge in [0.15, 0.2) is 0 Å². The fraction of sp³-hybridized carbons (Fsp3) is 0. The molecule has 1 aliphatic rings. The van der Waals surface area contributed by atoms with Crippen LogP contribution in [-0.4, -0.2) is 11.3 Å². The quantitative estimate of drug-likeness (QED) is 0.416. The van der Waals surface area contributed by atoms with E-state index >= 15 is 0 Å². The zero-order valence-corrected chi connectivity index (χ0v) is 15.1. The molecule has 0 N–H and O–H groups in total. The lowest BCUT2D eigenvalue weighted by Gasteiger charge is -2.27. The number of rotatable bonds is 1. The fourth-order valence-corrected chi connectivity index (χ4v) is 4.81. The van der Waals surface area contributed by atoms with Gasteiger partial charge in [0.2, 0.25) is 6.71 Å². The molecule has 0 atom stereocenters. The van der Waals surface area contributed by atoms with Gasteiger partial charge < -0.3 is 4.57 Å². The van der Waals surface area contributed by atoms with E-state index in [-0.39, 0.29) is 6.71 Å². The van der Waals surface area contributed by atoms with Gasteiger partial charge in [-0.25, -0.2) is 0 Å². The minimum absolute atomic E-state index is 0.0487. The topological polar surface area (TPSA) is 28.7 Å². The number of nitriles is 1. The van der Waals surface area contributed by atoms with Gasteiger partial charge in [-0.05, 0) is 29.1 Å². The van der Waals surface area contributed by atoms with Gasteiger partial charge in [0.1, 0.15) is 0 Å². The Bertz CT molecular complexity index is 1420. The predicted molar refractivity (Wildman–Crippen MR) is 117 cm³/mol. The number of hydrogen-bond acceptors (Lipinski definition) is 1. The Morgan fingerprint density at radius 3 is 2.32 bits per heavy atom. The van der Waals surface area contributed by atoms with Crippen LogP contribution in [0.1, 0.15) is 5.56 Å². The van der Waals surface area contributed by atoms with Crippen LogP contribution < -0.4 is 16.4 Å². The number of benzene rings is 4. The molecule has 2 nitrogen and oxygen atoms in total. The van der Waals surface area contributed by atoms with E-state index < -0.39 is 0 Å². The first-order valence-corrected chi connectivity index (χ1v) is 9.49. The molecule has 4 aromatic carbocycles. The van der Waals surface area contributed by atoms with Crippen molar-refractivity contribution in [1.29, 1.82) is 5.26 Å². The van der Waals surface area contributed by atoms with Crippen molar-refractivity contribution in [3.8, 4) is 11.8 Å². The summed E-state index contributed by atoms with van der Waals surface area (Å²) in [6, 6.07) is 34.2. The number of fused-ring (bicyclic) bond motifs is 5. The van der Waals surface area contributed by atoms with Crippen molar-refractivity contribution in [2.75, 3.05) is 0 Å². The minimum atomic E-state index is 0.0487. The Balaban J connectivity index is 1.89. The first-order chi connectivity index (χ1) is 13.9. The molecule has 0 amide bonds. The van der Waals surface area contributed by atoms with Gasteiger partial charge in [-0.1, -0.05) is 78.3 Å². The molecule has 0 radical (unpaired) electrons. The van der Waals surface area contributed by atoms with Crippen molar-refractivity contribution in [3.63, 3.8) is 0 Å². The third-order valence-electron chi connectivity index (χ3n) is 5.91. The van der Waals surface area contributed by atoms with Gasteiger partial charge in [-0.2, -0.15) is 5.26 Å². The first kappa shape index (κ1) is 15.3. The number of para-hydroxylation sites is 2. The largest absolute Gasteiger partial charge is 0.310 e. The summed E-state index contributed by atoms with van der Waals surface area (Å²) in [6.45, 7) is 0.0487. The van der Waals surface area contributed by atoms with Crippen molar-refractivity contribution >= 4 is 44.9 Å². The average molecular weight is 354 g/mol. The summed E-state index contributed by atoms with van der Waals surface area (Å²) < 4.78 is 2.34. The van der Waals surface area contributed by atoms with E-state index in [1.807, 2.05) is 12.1 Å². The Morgan fingerprint density at radius 1 is 0.714 bits per heavy atom. The monoisotopic (exact) mass is 354 g/mol. The molecule has 0 bridgehead atoms. The second kappa shape index (κ2) is 5.61. The van der Waals surface area contributed by atoms with E-state index in [2.05, 4.69) is 89.5 Å². The van der Waals surface area contributed by atoms with Crippen molar-refractivity contribution in [2.24, 2.45) is 0 Å². The lowest BCUT2D eigenvalue weighted by molar-refractivity contribution is 1.19. The number of nitrogens with zero attached hydrogens (tertiary/aromatic N) is 2. The lowest BCUT2D eigenvalue weighted by atomic mass is 9.35. The molecule has 2 heterocycles. The van der Waals surface area contributed by atoms with Crippen LogP contribution >= 0.6 is 0 Å². The van der Waals surface area contributed by atoms with Gasteiger partial charge >= 0.3 is 0 Å². The third kappa shape index (κ3) is 1.87. The summed E-state index contributed by atoms with van der Waals surface area (Å²) in [5.41, 5.74) is 7.87. The molecule has 0 saturated carbocycles. The van der Waals surface area contributed by atoms with E-state index in [4.69, 9.17) is 0 Å². The van der Waals surface area contributed by atoms with E-state index in [0.717, 1.165) is 16.5 Å². The second-order valence-electron chi connectivity index (χ2n) is 7.29. The minimum Gasteiger partial charge on any atom is -0.310 e. The summed E-state index contributed by atoms with van der Waals surface area (Å²) in [7, 11) is 0. The van der Waals surface area contributed by atoms with Crippen LogP contribution in [0.3, 0.4) is 0 Å². The highest BCUT2D eigenvalue weighted by Crippen LogP contribution is 2.33. The molecule has 0 spiro atoms. The molecule has 1 aliphatic heterocycles. The molecule has 3 heteroatoms. The summed E-state index contributed by atoms with van der Waals surface area (Å²) >= 11 is 0. The number of hydrogen-bond donors (Lipinski definition) is 0. The molecule has 5 aromatic rings. The highest BCUT2D eigenvalue weighted by Gasteiger charge is 2.35. The van der Waals surface area contributed by atoms with Crippen LogP contribution in [0.5, 0.6) is 0 Å². The highest BCUT2D eigenvalue weighted by molar-refractivity contribution is 6.98. The van der Waals surface area contributed by atoms with E-state index in [0.29, 0.717) is 0 Å². The van der Waals surface area contributed by atoms with Gasteiger partial charge in [0, 0.05) is 22.0 Å². The third-order valence-corrected chi connectivity index (χ3v) is 5.91. The molecule has 1 aromatic heterocycles. The van der Waals surface area contributed by atoms with Gasteiger partial charge in [0.25, 0.3) is 0 Å². The van der Waals surface area contributed by atoms with Crippen molar-refractivity contribution in [3.05, 3.63) is 96.6 Å². The van der Waals surface area contributed by atoms with Crippen LogP contribution in [0.4, 0.5) is 0 Å². The maximum absolute atomic E-state index is 9.95. The van der Waals surface area contributed by atoms with Gasteiger partial charge in [-0.15, -0.1) is 0 Å². The summed E-state index contributed by atoms with van der Waals surface area (Å²) in [5, 5.41) is 12.4. The van der Waals surface area contributed by atoms with Crippen LogP contribution in [0.2, 0.25) is 0 Å². The Labute approximate surface area is 163 Å². The average Bonchev–Trinajstić information content (AvgIpc) is 3.10. The molecule has 0 unspecified atom stereocenters. The molecule has 128 valence electrons. The van der Waals surface area contributed by atoms with Crippen LogP contribution in [0.15, 0.2) is 91.0 Å². The smallest absolute Gasteiger partial charge is 0.248 e. The van der Waals surface area contributed by atoms with Crippen LogP contribution in [0.25, 0.3) is 27.5 Å². The first-order valence-electron chi connectivity index (χ1n) is 9.49. The number of aromatic nitrogens is 1. The Kier molecular flexibility index (Phi) is 3.07. The van der Waals surface area contributed by atoms with Crippen molar-refractivity contribution < 1.29 is 0 Å². The zero-order chi connectivity index (χ0) is 18.7. The SMILES string of the molecule is N#Cc1ccc2c3ccccc3n3c2c1B(c1ccccc1)c1ccccc1-3. The summed E-state index contributed by atoms with van der Waals surface area (Å²) in [5.74, 6) is 0. The maximum atomic E-state index is 9.95. The molecular weight excluding hydrogens is 339 g/mol. The van der Waals surface area contributed by atoms with E-state index in [1.165, 1.54) is 32.9 Å². The van der Waals surface area contributed by atoms with E-state index in [1.54, 1.807) is 0 Å². The summed E-state index contributed by atoms with van der Waals surface area (Å²) in [4.78, 5) is 0. The van der Waals surface area contributed by atoms with E-state index in [9.17, 15) is 5.26 Å². The molecule has 0 saturated heterocycles. The Morgan fingerprint density at radius 2 is 1.46 bits per heavy atom. The zero-order valence-electron chi connectivity index (χ0n) is 15.1. The van der Waals surface area contributed by atoms with Crippen LogP contribution in [-0.2, 0) is 0 Å². The fourth-order valence-electron chi connectivity index (χ4n) is 4.81. The standard InChI is InChI=1S/C25H15BN2/c27-16-17-14-15-20-19-10-4-6-12-22(19)28-23-13-7-5-11-21(23)26(24(17)25(20)28)18-8-2-1-3-9-18/h1-15H. The molecule has 28 heavy (non-hydrogen) atoms. The normalized spacial score (nSPS) is 12.2.